The number of nitrogens with zero attached hydrogens (tertiary/aromatic N) is 4. The van der Waals surface area contributed by atoms with Crippen LogP contribution in [0.3, 0.4) is 0 Å². The van der Waals surface area contributed by atoms with Gasteiger partial charge in [0.15, 0.2) is 0 Å². The highest BCUT2D eigenvalue weighted by atomic mass is 35.5. The molecule has 3 aromatic rings. The van der Waals surface area contributed by atoms with Crippen molar-refractivity contribution >= 4 is 35.1 Å². The lowest BCUT2D eigenvalue weighted by atomic mass is 9.93. The van der Waals surface area contributed by atoms with Crippen molar-refractivity contribution in [3.63, 3.8) is 0 Å². The number of likely N-dealkylation sites (tertiary alicyclic amines) is 1. The Labute approximate surface area is 251 Å². The smallest absolute Gasteiger partial charge is 0.326 e. The number of ether oxygens (including phenoxy) is 1. The topological polar surface area (TPSA) is 48.4 Å². The third-order valence-electron chi connectivity index (χ3n) is 7.71. The molecular weight excluding hydrogens is 562 g/mol. The number of aliphatic imine (C=N–C) groups is 1. The lowest BCUT2D eigenvalue weighted by Gasteiger charge is -2.39. The number of amides is 2. The molecule has 6 nitrogen and oxygen atoms in total. The van der Waals surface area contributed by atoms with Gasteiger partial charge in [0, 0.05) is 35.2 Å². The minimum absolute atomic E-state index is 0.141. The molecule has 0 spiro atoms. The Hall–Kier alpha value is -3.13. The van der Waals surface area contributed by atoms with E-state index < -0.39 is 17.9 Å². The molecule has 1 fully saturated rings. The second kappa shape index (κ2) is 12.4. The van der Waals surface area contributed by atoms with Crippen LogP contribution < -0.4 is 4.74 Å². The molecule has 0 radical (unpaired) electrons. The van der Waals surface area contributed by atoms with Gasteiger partial charge >= 0.3 is 6.03 Å². The van der Waals surface area contributed by atoms with E-state index in [4.69, 9.17) is 32.9 Å². The van der Waals surface area contributed by atoms with Gasteiger partial charge in [-0.05, 0) is 88.3 Å². The molecular formula is C32H35Cl2FN4O2. The number of halogens is 3. The number of urea groups is 1. The van der Waals surface area contributed by atoms with Crippen LogP contribution in [0.1, 0.15) is 55.5 Å². The maximum atomic E-state index is 14.5. The number of amidine groups is 1. The largest absolute Gasteiger partial charge is 0.490 e. The Morgan fingerprint density at radius 1 is 0.951 bits per heavy atom. The van der Waals surface area contributed by atoms with Crippen LogP contribution >= 0.6 is 23.2 Å². The number of rotatable bonds is 6. The van der Waals surface area contributed by atoms with Crippen LogP contribution in [0, 0.1) is 5.82 Å². The summed E-state index contributed by atoms with van der Waals surface area (Å²) in [6.07, 6.45) is 1.55. The standard InChI is InChI=1S/C32H35Cl2FN4O2/c1-20(2)41-28-19-25(35)13-14-27(28)31-36-29(21-5-9-23(33)10-6-21)30(22-7-11-24(34)12-8-22)39(31)32(40)38-17-15-26(16-18-38)37(3)4/h5-14,19-20,26,29-30H,15-18H2,1-4H3. The van der Waals surface area contributed by atoms with Gasteiger partial charge in [0.1, 0.15) is 23.4 Å². The summed E-state index contributed by atoms with van der Waals surface area (Å²) in [6, 6.07) is 18.8. The summed E-state index contributed by atoms with van der Waals surface area (Å²) in [4.78, 5) is 25.6. The van der Waals surface area contributed by atoms with E-state index in [0.29, 0.717) is 46.3 Å². The van der Waals surface area contributed by atoms with Crippen molar-refractivity contribution in [3.8, 4) is 5.75 Å². The first-order valence-corrected chi connectivity index (χ1v) is 14.7. The average molecular weight is 598 g/mol. The molecule has 3 aromatic carbocycles. The second-order valence-corrected chi connectivity index (χ2v) is 12.0. The van der Waals surface area contributed by atoms with Crippen LogP contribution in [-0.4, -0.2) is 65.9 Å². The van der Waals surface area contributed by atoms with E-state index in [1.54, 1.807) is 11.0 Å². The predicted molar refractivity (Wildman–Crippen MR) is 163 cm³/mol. The fraction of sp³-hybridized carbons (Fsp3) is 0.375. The summed E-state index contributed by atoms with van der Waals surface area (Å²) < 4.78 is 20.5. The Morgan fingerprint density at radius 3 is 2.10 bits per heavy atom. The van der Waals surface area contributed by atoms with E-state index >= 15 is 0 Å². The number of carbonyl (C=O) groups is 1. The van der Waals surface area contributed by atoms with Gasteiger partial charge in [-0.2, -0.15) is 0 Å². The van der Waals surface area contributed by atoms with Crippen LogP contribution in [0.15, 0.2) is 71.7 Å². The number of piperidine rings is 1. The van der Waals surface area contributed by atoms with Crippen molar-refractivity contribution < 1.29 is 13.9 Å². The molecule has 1 saturated heterocycles. The fourth-order valence-electron chi connectivity index (χ4n) is 5.61. The zero-order valence-corrected chi connectivity index (χ0v) is 25.2. The molecule has 5 rings (SSSR count). The summed E-state index contributed by atoms with van der Waals surface area (Å²) in [7, 11) is 4.15. The summed E-state index contributed by atoms with van der Waals surface area (Å²) in [5.74, 6) is 0.366. The molecule has 0 bridgehead atoms. The average Bonchev–Trinajstić information content (AvgIpc) is 3.33. The zero-order valence-electron chi connectivity index (χ0n) is 23.7. The van der Waals surface area contributed by atoms with Gasteiger partial charge in [-0.15, -0.1) is 0 Å². The summed E-state index contributed by atoms with van der Waals surface area (Å²) in [5.41, 5.74) is 2.35. The van der Waals surface area contributed by atoms with Gasteiger partial charge < -0.3 is 14.5 Å². The van der Waals surface area contributed by atoms with E-state index in [9.17, 15) is 9.18 Å². The highest BCUT2D eigenvalue weighted by molar-refractivity contribution is 6.30. The summed E-state index contributed by atoms with van der Waals surface area (Å²) in [6.45, 7) is 5.03. The van der Waals surface area contributed by atoms with Gasteiger partial charge in [0.2, 0.25) is 0 Å². The molecule has 2 aliphatic rings. The van der Waals surface area contributed by atoms with Crippen molar-refractivity contribution in [2.75, 3.05) is 27.2 Å². The molecule has 41 heavy (non-hydrogen) atoms. The lowest BCUT2D eigenvalue weighted by Crippen LogP contribution is -2.51. The number of hydrogen-bond donors (Lipinski definition) is 0. The molecule has 0 aliphatic carbocycles. The van der Waals surface area contributed by atoms with Crippen LogP contribution in [-0.2, 0) is 0 Å². The Balaban J connectivity index is 1.65. The molecule has 0 N–H and O–H groups in total. The van der Waals surface area contributed by atoms with Gasteiger partial charge in [-0.25, -0.2) is 9.18 Å². The minimum Gasteiger partial charge on any atom is -0.490 e. The maximum Gasteiger partial charge on any atom is 0.326 e. The van der Waals surface area contributed by atoms with Crippen LogP contribution in [0.5, 0.6) is 5.75 Å². The van der Waals surface area contributed by atoms with Crippen molar-refractivity contribution in [2.45, 2.75) is 50.9 Å². The van der Waals surface area contributed by atoms with Gasteiger partial charge in [0.25, 0.3) is 0 Å². The van der Waals surface area contributed by atoms with Gasteiger partial charge in [-0.1, -0.05) is 47.5 Å². The van der Waals surface area contributed by atoms with Crippen molar-refractivity contribution in [3.05, 3.63) is 99.3 Å². The summed E-state index contributed by atoms with van der Waals surface area (Å²) >= 11 is 12.5. The van der Waals surface area contributed by atoms with Crippen LogP contribution in [0.4, 0.5) is 9.18 Å². The molecule has 0 aromatic heterocycles. The second-order valence-electron chi connectivity index (χ2n) is 11.1. The predicted octanol–water partition coefficient (Wildman–Crippen LogP) is 7.61. The molecule has 2 atom stereocenters. The molecule has 9 heteroatoms. The SMILES string of the molecule is CC(C)Oc1cc(F)ccc1C1=NC(c2ccc(Cl)cc2)C(c2ccc(Cl)cc2)N1C(=O)N1CCC(N(C)C)CC1. The monoisotopic (exact) mass is 596 g/mol. The first kappa shape index (κ1) is 29.4. The highest BCUT2D eigenvalue weighted by Crippen LogP contribution is 2.45. The van der Waals surface area contributed by atoms with E-state index in [-0.39, 0.29) is 12.1 Å². The Bertz CT molecular complexity index is 1400. The highest BCUT2D eigenvalue weighted by Gasteiger charge is 2.45. The van der Waals surface area contributed by atoms with E-state index in [2.05, 4.69) is 19.0 Å². The number of hydrogen-bond acceptors (Lipinski definition) is 4. The quantitative estimate of drug-likeness (QED) is 0.294. The van der Waals surface area contributed by atoms with E-state index in [1.165, 1.54) is 12.1 Å². The zero-order chi connectivity index (χ0) is 29.3. The Morgan fingerprint density at radius 2 is 1.54 bits per heavy atom. The maximum absolute atomic E-state index is 14.5. The first-order chi connectivity index (χ1) is 19.6. The first-order valence-electron chi connectivity index (χ1n) is 13.9. The molecule has 216 valence electrons. The van der Waals surface area contributed by atoms with E-state index in [0.717, 1.165) is 24.0 Å². The van der Waals surface area contributed by atoms with Crippen molar-refractivity contribution in [1.82, 2.24) is 14.7 Å². The van der Waals surface area contributed by atoms with E-state index in [1.807, 2.05) is 67.3 Å². The van der Waals surface area contributed by atoms with Crippen LogP contribution in [0.2, 0.25) is 10.0 Å². The third-order valence-corrected chi connectivity index (χ3v) is 8.21. The fourth-order valence-corrected chi connectivity index (χ4v) is 5.86. The minimum atomic E-state index is -0.473. The molecule has 2 amide bonds. The van der Waals surface area contributed by atoms with Crippen LogP contribution in [0.25, 0.3) is 0 Å². The lowest BCUT2D eigenvalue weighted by molar-refractivity contribution is 0.127. The summed E-state index contributed by atoms with van der Waals surface area (Å²) in [5, 5.41) is 1.22. The molecule has 0 saturated carbocycles. The van der Waals surface area contributed by atoms with Crippen molar-refractivity contribution in [2.24, 2.45) is 4.99 Å². The molecule has 2 unspecified atom stereocenters. The normalized spacial score (nSPS) is 19.7. The molecule has 2 heterocycles. The third kappa shape index (κ3) is 6.37. The number of benzene rings is 3. The molecule has 2 aliphatic heterocycles. The number of carbonyl (C=O) groups excluding carboxylic acids is 1. The van der Waals surface area contributed by atoms with Gasteiger partial charge in [-0.3, -0.25) is 9.89 Å². The van der Waals surface area contributed by atoms with Gasteiger partial charge in [0.05, 0.1) is 17.7 Å². The van der Waals surface area contributed by atoms with Crippen molar-refractivity contribution in [1.29, 1.82) is 0 Å². The Kier molecular flexibility index (Phi) is 8.88.